The van der Waals surface area contributed by atoms with Gasteiger partial charge < -0.3 is 31.4 Å². The standard InChI is InChI=1S/C25H34N6O5/c1-15(2)21(25(35)36)31-24(34)19(11-16-7-4-3-5-8-16)29-23(33)20(12-17-13-26-14-28-17)30-22(32)18-9-6-10-27-18/h3-5,7-8,13-15,18-21,27H,6,9-12H2,1-2H3,(H,26,28)(H,29,33)(H,30,32)(H,31,34)(H,35,36). The lowest BCUT2D eigenvalue weighted by Gasteiger charge is -2.26. The van der Waals surface area contributed by atoms with Crippen molar-refractivity contribution in [2.45, 2.75) is 63.7 Å². The first-order valence-electron chi connectivity index (χ1n) is 12.1. The van der Waals surface area contributed by atoms with Crippen LogP contribution in [0.4, 0.5) is 0 Å². The highest BCUT2D eigenvalue weighted by molar-refractivity contribution is 5.94. The largest absolute Gasteiger partial charge is 0.480 e. The number of hydrogen-bond acceptors (Lipinski definition) is 6. The van der Waals surface area contributed by atoms with Crippen molar-refractivity contribution in [1.82, 2.24) is 31.2 Å². The lowest BCUT2D eigenvalue weighted by molar-refractivity contribution is -0.143. The molecule has 3 amide bonds. The van der Waals surface area contributed by atoms with Crippen molar-refractivity contribution in [3.8, 4) is 0 Å². The van der Waals surface area contributed by atoms with Crippen molar-refractivity contribution < 1.29 is 24.3 Å². The number of H-pyrrole nitrogens is 1. The fraction of sp³-hybridized carbons (Fsp3) is 0.480. The number of carboxylic acids is 1. The van der Waals surface area contributed by atoms with E-state index in [0.29, 0.717) is 12.1 Å². The topological polar surface area (TPSA) is 165 Å². The summed E-state index contributed by atoms with van der Waals surface area (Å²) in [5.74, 6) is -2.97. The summed E-state index contributed by atoms with van der Waals surface area (Å²) >= 11 is 0. The van der Waals surface area contributed by atoms with Gasteiger partial charge in [0, 0.05) is 24.7 Å². The molecule has 36 heavy (non-hydrogen) atoms. The molecule has 0 bridgehead atoms. The molecule has 11 nitrogen and oxygen atoms in total. The minimum absolute atomic E-state index is 0.147. The zero-order valence-electron chi connectivity index (χ0n) is 20.5. The molecule has 1 aromatic heterocycles. The van der Waals surface area contributed by atoms with Gasteiger partial charge in [-0.3, -0.25) is 14.4 Å². The molecular formula is C25H34N6O5. The molecule has 1 aliphatic rings. The van der Waals surface area contributed by atoms with Crippen molar-refractivity contribution in [3.05, 3.63) is 54.1 Å². The molecule has 1 aliphatic heterocycles. The molecule has 1 saturated heterocycles. The first-order chi connectivity index (χ1) is 17.2. The van der Waals surface area contributed by atoms with Gasteiger partial charge in [-0.2, -0.15) is 0 Å². The Bertz CT molecular complexity index is 1020. The molecule has 2 heterocycles. The van der Waals surface area contributed by atoms with Crippen LogP contribution in [0.3, 0.4) is 0 Å². The van der Waals surface area contributed by atoms with Gasteiger partial charge in [0.05, 0.1) is 12.4 Å². The van der Waals surface area contributed by atoms with Gasteiger partial charge in [0.25, 0.3) is 0 Å². The predicted octanol–water partition coefficient (Wildman–Crippen LogP) is 0.142. The number of amides is 3. The summed E-state index contributed by atoms with van der Waals surface area (Å²) in [5, 5.41) is 20.7. The number of benzene rings is 1. The molecule has 0 saturated carbocycles. The third kappa shape index (κ3) is 7.64. The summed E-state index contributed by atoms with van der Waals surface area (Å²) in [4.78, 5) is 57.9. The number of rotatable bonds is 12. The first kappa shape index (κ1) is 26.9. The molecule has 194 valence electrons. The zero-order valence-corrected chi connectivity index (χ0v) is 20.5. The molecule has 1 fully saturated rings. The zero-order chi connectivity index (χ0) is 26.1. The summed E-state index contributed by atoms with van der Waals surface area (Å²) in [6, 6.07) is 5.60. The Balaban J connectivity index is 1.79. The van der Waals surface area contributed by atoms with Crippen LogP contribution in [0, 0.1) is 5.92 Å². The Labute approximate surface area is 209 Å². The molecule has 11 heteroatoms. The number of aliphatic carboxylic acids is 1. The molecule has 0 aliphatic carbocycles. The van der Waals surface area contributed by atoms with Crippen molar-refractivity contribution in [1.29, 1.82) is 0 Å². The monoisotopic (exact) mass is 498 g/mol. The Kier molecular flexibility index (Phi) is 9.57. The highest BCUT2D eigenvalue weighted by Gasteiger charge is 2.32. The molecule has 4 atom stereocenters. The molecule has 1 aromatic carbocycles. The number of carbonyl (C=O) groups is 4. The number of aromatic nitrogens is 2. The van der Waals surface area contributed by atoms with E-state index in [1.807, 2.05) is 30.3 Å². The Morgan fingerprint density at radius 3 is 2.31 bits per heavy atom. The van der Waals surface area contributed by atoms with Crippen LogP contribution < -0.4 is 21.3 Å². The quantitative estimate of drug-likeness (QED) is 0.242. The average Bonchev–Trinajstić information content (AvgIpc) is 3.56. The van der Waals surface area contributed by atoms with E-state index in [1.165, 1.54) is 6.33 Å². The number of imidazole rings is 1. The first-order valence-corrected chi connectivity index (χ1v) is 12.1. The number of carboxylic acid groups (broad SMARTS) is 1. The maximum Gasteiger partial charge on any atom is 0.326 e. The van der Waals surface area contributed by atoms with Crippen molar-refractivity contribution in [2.24, 2.45) is 5.92 Å². The van der Waals surface area contributed by atoms with Crippen LogP contribution in [0.1, 0.15) is 37.9 Å². The second-order valence-electron chi connectivity index (χ2n) is 9.31. The summed E-state index contributed by atoms with van der Waals surface area (Å²) in [6.45, 7) is 4.11. The minimum atomic E-state index is -1.16. The third-order valence-electron chi connectivity index (χ3n) is 6.13. The average molecular weight is 499 g/mol. The van der Waals surface area contributed by atoms with Crippen LogP contribution in [0.2, 0.25) is 0 Å². The molecule has 2 aromatic rings. The predicted molar refractivity (Wildman–Crippen MR) is 132 cm³/mol. The normalized spacial score (nSPS) is 17.7. The third-order valence-corrected chi connectivity index (χ3v) is 6.13. The van der Waals surface area contributed by atoms with E-state index in [9.17, 15) is 24.3 Å². The molecular weight excluding hydrogens is 464 g/mol. The van der Waals surface area contributed by atoms with Crippen LogP contribution in [0.25, 0.3) is 0 Å². The molecule has 0 radical (unpaired) electrons. The van der Waals surface area contributed by atoms with Crippen LogP contribution in [-0.4, -0.2) is 69.5 Å². The van der Waals surface area contributed by atoms with Crippen LogP contribution >= 0.6 is 0 Å². The summed E-state index contributed by atoms with van der Waals surface area (Å²) in [7, 11) is 0. The lowest BCUT2D eigenvalue weighted by Crippen LogP contribution is -2.58. The maximum absolute atomic E-state index is 13.4. The molecule has 6 N–H and O–H groups in total. The highest BCUT2D eigenvalue weighted by atomic mass is 16.4. The molecule has 0 spiro atoms. The van der Waals surface area contributed by atoms with Gasteiger partial charge in [0.1, 0.15) is 18.1 Å². The fourth-order valence-corrected chi connectivity index (χ4v) is 4.10. The van der Waals surface area contributed by atoms with Crippen LogP contribution in [0.15, 0.2) is 42.9 Å². The lowest BCUT2D eigenvalue weighted by atomic mass is 10.0. The summed E-state index contributed by atoms with van der Waals surface area (Å²) in [6.07, 6.45) is 4.89. The number of nitrogens with zero attached hydrogens (tertiary/aromatic N) is 1. The second-order valence-corrected chi connectivity index (χ2v) is 9.31. The Morgan fingerprint density at radius 2 is 1.72 bits per heavy atom. The van der Waals surface area contributed by atoms with E-state index in [4.69, 9.17) is 0 Å². The van der Waals surface area contributed by atoms with Gasteiger partial charge in [0.2, 0.25) is 17.7 Å². The van der Waals surface area contributed by atoms with Gasteiger partial charge in [-0.25, -0.2) is 9.78 Å². The van der Waals surface area contributed by atoms with E-state index in [1.54, 1.807) is 20.0 Å². The smallest absolute Gasteiger partial charge is 0.326 e. The van der Waals surface area contributed by atoms with Crippen molar-refractivity contribution >= 4 is 23.7 Å². The van der Waals surface area contributed by atoms with E-state index >= 15 is 0 Å². The number of hydrogen-bond donors (Lipinski definition) is 6. The Morgan fingerprint density at radius 1 is 1.03 bits per heavy atom. The van der Waals surface area contributed by atoms with Gasteiger partial charge in [0.15, 0.2) is 0 Å². The fourth-order valence-electron chi connectivity index (χ4n) is 4.10. The second kappa shape index (κ2) is 12.8. The minimum Gasteiger partial charge on any atom is -0.480 e. The van der Waals surface area contributed by atoms with Gasteiger partial charge in [-0.1, -0.05) is 44.2 Å². The molecule has 4 unspecified atom stereocenters. The molecule has 3 rings (SSSR count). The van der Waals surface area contributed by atoms with Crippen molar-refractivity contribution in [2.75, 3.05) is 6.54 Å². The highest BCUT2D eigenvalue weighted by Crippen LogP contribution is 2.09. The van der Waals surface area contributed by atoms with E-state index in [2.05, 4.69) is 31.2 Å². The van der Waals surface area contributed by atoms with E-state index in [-0.39, 0.29) is 30.7 Å². The number of carbonyl (C=O) groups excluding carboxylic acids is 3. The van der Waals surface area contributed by atoms with Gasteiger partial charge in [-0.05, 0) is 30.9 Å². The van der Waals surface area contributed by atoms with E-state index < -0.39 is 35.9 Å². The van der Waals surface area contributed by atoms with Gasteiger partial charge >= 0.3 is 5.97 Å². The Hall–Kier alpha value is -3.73. The van der Waals surface area contributed by atoms with Crippen LogP contribution in [-0.2, 0) is 32.0 Å². The maximum atomic E-state index is 13.4. The SMILES string of the molecule is CC(C)C(NC(=O)C(Cc1ccccc1)NC(=O)C(Cc1cnc[nH]1)NC(=O)C1CCCN1)C(=O)O. The summed E-state index contributed by atoms with van der Waals surface area (Å²) < 4.78 is 0. The van der Waals surface area contributed by atoms with Gasteiger partial charge in [-0.15, -0.1) is 0 Å². The number of aromatic amines is 1. The van der Waals surface area contributed by atoms with E-state index in [0.717, 1.165) is 18.5 Å². The summed E-state index contributed by atoms with van der Waals surface area (Å²) in [5.41, 5.74) is 1.43. The van der Waals surface area contributed by atoms with Crippen molar-refractivity contribution in [3.63, 3.8) is 0 Å². The van der Waals surface area contributed by atoms with Crippen LogP contribution in [0.5, 0.6) is 0 Å². The number of nitrogens with one attached hydrogen (secondary N) is 5.